The van der Waals surface area contributed by atoms with Gasteiger partial charge in [-0.05, 0) is 49.4 Å². The number of halogens is 1. The topological polar surface area (TPSA) is 76.6 Å². The largest absolute Gasteiger partial charge is 0.480 e. The molecule has 7 heteroatoms. The zero-order valence-corrected chi connectivity index (χ0v) is 16.1. The highest BCUT2D eigenvalue weighted by molar-refractivity contribution is 5.94. The van der Waals surface area contributed by atoms with E-state index in [0.717, 1.165) is 11.1 Å². The van der Waals surface area contributed by atoms with E-state index in [0.29, 0.717) is 42.8 Å². The SMILES string of the molecule is CC(=O)c1ccc(N2CCN([C@@H](C(=O)O)c3c[nH]c4cc(F)ccc34)CC2)cc1. The number of rotatable bonds is 5. The van der Waals surface area contributed by atoms with Crippen molar-refractivity contribution in [2.45, 2.75) is 13.0 Å². The zero-order valence-electron chi connectivity index (χ0n) is 16.1. The van der Waals surface area contributed by atoms with E-state index in [9.17, 15) is 19.1 Å². The van der Waals surface area contributed by atoms with Gasteiger partial charge in [-0.2, -0.15) is 0 Å². The van der Waals surface area contributed by atoms with Gasteiger partial charge in [-0.3, -0.25) is 14.5 Å². The van der Waals surface area contributed by atoms with Gasteiger partial charge in [0.1, 0.15) is 11.9 Å². The van der Waals surface area contributed by atoms with Crippen molar-refractivity contribution in [1.29, 1.82) is 0 Å². The highest BCUT2D eigenvalue weighted by Crippen LogP contribution is 2.30. The van der Waals surface area contributed by atoms with Crippen molar-refractivity contribution in [2.24, 2.45) is 0 Å². The van der Waals surface area contributed by atoms with Crippen molar-refractivity contribution in [3.63, 3.8) is 0 Å². The highest BCUT2D eigenvalue weighted by atomic mass is 19.1. The third-order valence-corrected chi connectivity index (χ3v) is 5.52. The molecule has 1 aliphatic rings. The van der Waals surface area contributed by atoms with E-state index >= 15 is 0 Å². The van der Waals surface area contributed by atoms with E-state index in [-0.39, 0.29) is 11.6 Å². The van der Waals surface area contributed by atoms with Crippen LogP contribution in [0.1, 0.15) is 28.9 Å². The van der Waals surface area contributed by atoms with Gasteiger partial charge >= 0.3 is 5.97 Å². The second-order valence-corrected chi connectivity index (χ2v) is 7.30. The summed E-state index contributed by atoms with van der Waals surface area (Å²) >= 11 is 0. The summed E-state index contributed by atoms with van der Waals surface area (Å²) < 4.78 is 13.5. The Hall–Kier alpha value is -3.19. The van der Waals surface area contributed by atoms with Crippen LogP contribution in [-0.2, 0) is 4.79 Å². The summed E-state index contributed by atoms with van der Waals surface area (Å²) in [6.07, 6.45) is 1.66. The summed E-state index contributed by atoms with van der Waals surface area (Å²) in [5, 5.41) is 10.6. The predicted octanol–water partition coefficient (Wildman–Crippen LogP) is 3.46. The van der Waals surface area contributed by atoms with Crippen LogP contribution in [0, 0.1) is 5.82 Å². The molecular weight excluding hydrogens is 373 g/mol. The average molecular weight is 395 g/mol. The molecule has 2 N–H and O–H groups in total. The van der Waals surface area contributed by atoms with E-state index in [1.807, 2.05) is 29.2 Å². The molecule has 1 aliphatic heterocycles. The monoisotopic (exact) mass is 395 g/mol. The number of carbonyl (C=O) groups excluding carboxylic acids is 1. The third kappa shape index (κ3) is 3.73. The maximum absolute atomic E-state index is 13.5. The molecule has 0 radical (unpaired) electrons. The summed E-state index contributed by atoms with van der Waals surface area (Å²) in [6, 6.07) is 11.0. The fourth-order valence-corrected chi connectivity index (χ4v) is 3.98. The van der Waals surface area contributed by atoms with E-state index in [1.54, 1.807) is 19.2 Å². The first-order chi connectivity index (χ1) is 13.9. The van der Waals surface area contributed by atoms with Crippen LogP contribution in [0.4, 0.5) is 10.1 Å². The molecule has 0 spiro atoms. The summed E-state index contributed by atoms with van der Waals surface area (Å²) in [4.78, 5) is 30.6. The number of piperazine rings is 1. The van der Waals surface area contributed by atoms with Crippen molar-refractivity contribution in [3.05, 3.63) is 65.6 Å². The standard InChI is InChI=1S/C22H22FN3O3/c1-14(27)15-2-5-17(6-3-15)25-8-10-26(11-9-25)21(22(28)29)19-13-24-20-12-16(23)4-7-18(19)20/h2-7,12-13,21,24H,8-11H2,1H3,(H,28,29)/t21-/m1/s1. The number of carboxylic acid groups (broad SMARTS) is 1. The normalized spacial score (nSPS) is 16.1. The van der Waals surface area contributed by atoms with Gasteiger partial charge in [0, 0.05) is 60.1 Å². The smallest absolute Gasteiger partial charge is 0.325 e. The van der Waals surface area contributed by atoms with Gasteiger partial charge in [0.25, 0.3) is 0 Å². The Morgan fingerprint density at radius 3 is 2.38 bits per heavy atom. The highest BCUT2D eigenvalue weighted by Gasteiger charge is 2.32. The number of fused-ring (bicyclic) bond motifs is 1. The Balaban J connectivity index is 1.52. The fraction of sp³-hybridized carbons (Fsp3) is 0.273. The molecule has 150 valence electrons. The van der Waals surface area contributed by atoms with Crippen LogP contribution in [0.25, 0.3) is 10.9 Å². The van der Waals surface area contributed by atoms with E-state index in [2.05, 4.69) is 9.88 Å². The van der Waals surface area contributed by atoms with Crippen LogP contribution in [-0.4, -0.2) is 52.9 Å². The summed E-state index contributed by atoms with van der Waals surface area (Å²) in [5.41, 5.74) is 2.93. The van der Waals surface area contributed by atoms with Crippen LogP contribution in [0.3, 0.4) is 0 Å². The fourth-order valence-electron chi connectivity index (χ4n) is 3.98. The maximum Gasteiger partial charge on any atom is 0.325 e. The Bertz CT molecular complexity index is 1050. The number of benzene rings is 2. The molecule has 0 unspecified atom stereocenters. The van der Waals surface area contributed by atoms with Crippen molar-refractivity contribution in [3.8, 4) is 0 Å². The van der Waals surface area contributed by atoms with Gasteiger partial charge in [-0.1, -0.05) is 0 Å². The molecule has 2 heterocycles. The van der Waals surface area contributed by atoms with Gasteiger partial charge < -0.3 is 15.0 Å². The number of anilines is 1. The van der Waals surface area contributed by atoms with Crippen LogP contribution in [0.5, 0.6) is 0 Å². The number of aliphatic carboxylic acids is 1. The molecule has 29 heavy (non-hydrogen) atoms. The Kier molecular flexibility index (Phi) is 5.07. The minimum atomic E-state index is -0.922. The Labute approximate surface area is 167 Å². The molecule has 4 rings (SSSR count). The number of Topliss-reactive ketones (excluding diaryl/α,β-unsaturated/α-hetero) is 1. The number of hydrogen-bond acceptors (Lipinski definition) is 4. The summed E-state index contributed by atoms with van der Waals surface area (Å²) in [5.74, 6) is -1.25. The van der Waals surface area contributed by atoms with Crippen LogP contribution < -0.4 is 4.90 Å². The molecular formula is C22H22FN3O3. The average Bonchev–Trinajstić information content (AvgIpc) is 3.11. The summed E-state index contributed by atoms with van der Waals surface area (Å²) in [7, 11) is 0. The molecule has 1 atom stereocenters. The molecule has 1 fully saturated rings. The molecule has 0 aliphatic carbocycles. The number of nitrogens with one attached hydrogen (secondary N) is 1. The van der Waals surface area contributed by atoms with Gasteiger partial charge in [0.05, 0.1) is 0 Å². The molecule has 0 amide bonds. The van der Waals surface area contributed by atoms with Gasteiger partial charge in [-0.15, -0.1) is 0 Å². The molecule has 1 saturated heterocycles. The van der Waals surface area contributed by atoms with Crippen molar-refractivity contribution in [2.75, 3.05) is 31.1 Å². The van der Waals surface area contributed by atoms with Crippen LogP contribution in [0.2, 0.25) is 0 Å². The number of hydrogen-bond donors (Lipinski definition) is 2. The number of aromatic nitrogens is 1. The molecule has 1 aromatic heterocycles. The van der Waals surface area contributed by atoms with Crippen molar-refractivity contribution >= 4 is 28.3 Å². The predicted molar refractivity (Wildman–Crippen MR) is 109 cm³/mol. The molecule has 2 aromatic carbocycles. The number of aromatic amines is 1. The van der Waals surface area contributed by atoms with E-state index in [1.165, 1.54) is 12.1 Å². The Morgan fingerprint density at radius 2 is 1.76 bits per heavy atom. The lowest BCUT2D eigenvalue weighted by molar-refractivity contribution is -0.143. The van der Waals surface area contributed by atoms with Crippen molar-refractivity contribution in [1.82, 2.24) is 9.88 Å². The molecule has 0 saturated carbocycles. The lowest BCUT2D eigenvalue weighted by atomic mass is 10.0. The van der Waals surface area contributed by atoms with Crippen LogP contribution in [0.15, 0.2) is 48.7 Å². The Morgan fingerprint density at radius 1 is 1.07 bits per heavy atom. The second kappa shape index (κ2) is 7.67. The molecule has 6 nitrogen and oxygen atoms in total. The lowest BCUT2D eigenvalue weighted by Gasteiger charge is -2.38. The number of H-pyrrole nitrogens is 1. The number of ketones is 1. The summed E-state index contributed by atoms with van der Waals surface area (Å²) in [6.45, 7) is 4.07. The number of carboxylic acids is 1. The van der Waals surface area contributed by atoms with Gasteiger partial charge in [0.2, 0.25) is 0 Å². The second-order valence-electron chi connectivity index (χ2n) is 7.30. The molecule has 3 aromatic rings. The lowest BCUT2D eigenvalue weighted by Crippen LogP contribution is -2.49. The minimum Gasteiger partial charge on any atom is -0.480 e. The minimum absolute atomic E-state index is 0.0317. The van der Waals surface area contributed by atoms with E-state index in [4.69, 9.17) is 0 Å². The first-order valence-corrected chi connectivity index (χ1v) is 9.53. The van der Waals surface area contributed by atoms with Gasteiger partial charge in [0.15, 0.2) is 5.78 Å². The number of carbonyl (C=O) groups is 2. The molecule has 0 bridgehead atoms. The van der Waals surface area contributed by atoms with Crippen molar-refractivity contribution < 1.29 is 19.1 Å². The number of nitrogens with zero attached hydrogens (tertiary/aromatic N) is 2. The third-order valence-electron chi connectivity index (χ3n) is 5.52. The zero-order chi connectivity index (χ0) is 20.5. The van der Waals surface area contributed by atoms with Gasteiger partial charge in [-0.25, -0.2) is 4.39 Å². The quantitative estimate of drug-likeness (QED) is 0.647. The first kappa shape index (κ1) is 19.1. The maximum atomic E-state index is 13.5. The van der Waals surface area contributed by atoms with Crippen LogP contribution >= 0.6 is 0 Å². The first-order valence-electron chi connectivity index (χ1n) is 9.53. The van der Waals surface area contributed by atoms with E-state index < -0.39 is 12.0 Å².